The van der Waals surface area contributed by atoms with E-state index in [0.717, 1.165) is 29.1 Å². The highest BCUT2D eigenvalue weighted by Crippen LogP contribution is 2.22. The summed E-state index contributed by atoms with van der Waals surface area (Å²) < 4.78 is 1.99. The third-order valence-electron chi connectivity index (χ3n) is 5.07. The molecule has 0 fully saturated rings. The smallest absolute Gasteiger partial charge is 0.252 e. The van der Waals surface area contributed by atoms with Crippen LogP contribution in [0.1, 0.15) is 28.7 Å². The molecule has 0 saturated heterocycles. The molecule has 28 heavy (non-hydrogen) atoms. The summed E-state index contributed by atoms with van der Waals surface area (Å²) in [6.45, 7) is 5.33. The van der Waals surface area contributed by atoms with Crippen LogP contribution < -0.4 is 10.6 Å². The number of anilines is 1. The Morgan fingerprint density at radius 2 is 1.86 bits per heavy atom. The second kappa shape index (κ2) is 7.72. The molecule has 2 aromatic carbocycles. The molecule has 2 aromatic heterocycles. The number of fused-ring (bicyclic) bond motifs is 2. The summed E-state index contributed by atoms with van der Waals surface area (Å²) >= 11 is 0. The zero-order valence-corrected chi connectivity index (χ0v) is 16.2. The van der Waals surface area contributed by atoms with E-state index < -0.39 is 0 Å². The van der Waals surface area contributed by atoms with Crippen molar-refractivity contribution in [1.29, 1.82) is 0 Å². The number of rotatable bonds is 6. The molecule has 0 spiro atoms. The highest BCUT2D eigenvalue weighted by molar-refractivity contribution is 5.95. The molecule has 4 rings (SSSR count). The summed E-state index contributed by atoms with van der Waals surface area (Å²) in [4.78, 5) is 17.1. The van der Waals surface area contributed by atoms with Gasteiger partial charge in [0.1, 0.15) is 5.65 Å². The Morgan fingerprint density at radius 3 is 2.71 bits per heavy atom. The van der Waals surface area contributed by atoms with E-state index >= 15 is 0 Å². The van der Waals surface area contributed by atoms with Crippen molar-refractivity contribution in [1.82, 2.24) is 14.7 Å². The molecule has 0 unspecified atom stereocenters. The lowest BCUT2D eigenvalue weighted by molar-refractivity contribution is 0.0954. The molecule has 0 aliphatic rings. The molecule has 0 bridgehead atoms. The molecule has 0 aliphatic carbocycles. The third kappa shape index (κ3) is 3.43. The first-order valence-corrected chi connectivity index (χ1v) is 9.65. The van der Waals surface area contributed by atoms with Crippen LogP contribution in [0.2, 0.25) is 0 Å². The molecule has 4 aromatic rings. The maximum Gasteiger partial charge on any atom is 0.252 e. The maximum atomic E-state index is 12.5. The first-order chi connectivity index (χ1) is 13.7. The zero-order valence-electron chi connectivity index (χ0n) is 16.2. The average molecular weight is 372 g/mol. The lowest BCUT2D eigenvalue weighted by Crippen LogP contribution is -2.29. The first-order valence-electron chi connectivity index (χ1n) is 9.65. The highest BCUT2D eigenvalue weighted by atomic mass is 16.1. The van der Waals surface area contributed by atoms with E-state index in [1.54, 1.807) is 0 Å². The van der Waals surface area contributed by atoms with Gasteiger partial charge in [0, 0.05) is 36.1 Å². The van der Waals surface area contributed by atoms with Gasteiger partial charge in [-0.2, -0.15) is 0 Å². The number of pyridine rings is 1. The van der Waals surface area contributed by atoms with Gasteiger partial charge >= 0.3 is 0 Å². The van der Waals surface area contributed by atoms with Crippen molar-refractivity contribution in [2.75, 3.05) is 18.4 Å². The monoisotopic (exact) mass is 372 g/mol. The van der Waals surface area contributed by atoms with Crippen LogP contribution in [-0.2, 0) is 6.42 Å². The number of nitrogens with one attached hydrogen (secondary N) is 2. The van der Waals surface area contributed by atoms with Gasteiger partial charge in [-0.05, 0) is 36.9 Å². The van der Waals surface area contributed by atoms with Crippen LogP contribution in [0, 0.1) is 6.92 Å². The lowest BCUT2D eigenvalue weighted by Gasteiger charge is -2.11. The third-order valence-corrected chi connectivity index (χ3v) is 5.07. The lowest BCUT2D eigenvalue weighted by atomic mass is 10.1. The fourth-order valence-corrected chi connectivity index (χ4v) is 3.53. The van der Waals surface area contributed by atoms with Crippen molar-refractivity contribution in [3.63, 3.8) is 0 Å². The van der Waals surface area contributed by atoms with E-state index in [-0.39, 0.29) is 5.91 Å². The van der Waals surface area contributed by atoms with Gasteiger partial charge < -0.3 is 15.0 Å². The SMILES string of the molecule is CCc1nc2ccc(C(=O)NCCNc3cccc4ccccc34)cn2c1C. The Hall–Kier alpha value is -3.34. The Kier molecular flexibility index (Phi) is 4.98. The number of carbonyl (C=O) groups is 1. The normalized spacial score (nSPS) is 11.1. The topological polar surface area (TPSA) is 58.4 Å². The largest absolute Gasteiger partial charge is 0.383 e. The van der Waals surface area contributed by atoms with Crippen LogP contribution >= 0.6 is 0 Å². The van der Waals surface area contributed by atoms with Gasteiger partial charge in [-0.25, -0.2) is 4.98 Å². The van der Waals surface area contributed by atoms with Gasteiger partial charge in [0.15, 0.2) is 0 Å². The van der Waals surface area contributed by atoms with E-state index in [0.29, 0.717) is 18.7 Å². The Labute approximate surface area is 164 Å². The van der Waals surface area contributed by atoms with Crippen molar-refractivity contribution in [3.05, 3.63) is 77.7 Å². The fourth-order valence-electron chi connectivity index (χ4n) is 3.53. The molecular weight excluding hydrogens is 348 g/mol. The van der Waals surface area contributed by atoms with E-state index in [1.165, 1.54) is 10.8 Å². The van der Waals surface area contributed by atoms with Crippen molar-refractivity contribution < 1.29 is 4.79 Å². The number of carbonyl (C=O) groups excluding carboxylic acids is 1. The van der Waals surface area contributed by atoms with E-state index in [9.17, 15) is 4.79 Å². The molecule has 142 valence electrons. The minimum absolute atomic E-state index is 0.0761. The average Bonchev–Trinajstić information content (AvgIpc) is 3.06. The molecule has 0 radical (unpaired) electrons. The number of aromatic nitrogens is 2. The van der Waals surface area contributed by atoms with E-state index in [1.807, 2.05) is 47.9 Å². The molecule has 5 nitrogen and oxygen atoms in total. The maximum absolute atomic E-state index is 12.5. The summed E-state index contributed by atoms with van der Waals surface area (Å²) in [6, 6.07) is 18.2. The first kappa shape index (κ1) is 18.0. The zero-order chi connectivity index (χ0) is 19.5. The van der Waals surface area contributed by atoms with Gasteiger partial charge in [0.2, 0.25) is 0 Å². The van der Waals surface area contributed by atoms with Crippen molar-refractivity contribution >= 4 is 28.0 Å². The standard InChI is InChI=1S/C23H24N4O/c1-3-20-16(2)27-15-18(11-12-22(27)26-20)23(28)25-14-13-24-21-10-6-8-17-7-4-5-9-19(17)21/h4-12,15,24H,3,13-14H2,1-2H3,(H,25,28). The van der Waals surface area contributed by atoms with Gasteiger partial charge in [-0.3, -0.25) is 4.79 Å². The van der Waals surface area contributed by atoms with Crippen LogP contribution in [0.3, 0.4) is 0 Å². The van der Waals surface area contributed by atoms with Crippen LogP contribution in [0.15, 0.2) is 60.8 Å². The van der Waals surface area contributed by atoms with Crippen LogP contribution in [0.4, 0.5) is 5.69 Å². The molecule has 0 aliphatic heterocycles. The number of hydrogen-bond donors (Lipinski definition) is 2. The second-order valence-electron chi connectivity index (χ2n) is 6.85. The van der Waals surface area contributed by atoms with E-state index in [4.69, 9.17) is 0 Å². The number of aryl methyl sites for hydroxylation is 2. The van der Waals surface area contributed by atoms with Gasteiger partial charge in [-0.15, -0.1) is 0 Å². The van der Waals surface area contributed by atoms with Crippen molar-refractivity contribution in [3.8, 4) is 0 Å². The van der Waals surface area contributed by atoms with Crippen LogP contribution in [-0.4, -0.2) is 28.4 Å². The molecular formula is C23H24N4O. The minimum atomic E-state index is -0.0761. The number of amides is 1. The summed E-state index contributed by atoms with van der Waals surface area (Å²) in [7, 11) is 0. The Morgan fingerprint density at radius 1 is 1.04 bits per heavy atom. The number of benzene rings is 2. The van der Waals surface area contributed by atoms with E-state index in [2.05, 4.69) is 46.8 Å². The summed E-state index contributed by atoms with van der Waals surface area (Å²) in [5, 5.41) is 8.79. The summed E-state index contributed by atoms with van der Waals surface area (Å²) in [5.74, 6) is -0.0761. The molecule has 0 atom stereocenters. The van der Waals surface area contributed by atoms with Gasteiger partial charge in [-0.1, -0.05) is 43.3 Å². The van der Waals surface area contributed by atoms with Gasteiger partial charge in [0.05, 0.1) is 11.3 Å². The number of nitrogens with zero attached hydrogens (tertiary/aromatic N) is 2. The molecule has 2 N–H and O–H groups in total. The Balaban J connectivity index is 1.39. The molecule has 0 saturated carbocycles. The van der Waals surface area contributed by atoms with Crippen LogP contribution in [0.25, 0.3) is 16.4 Å². The number of imidazole rings is 1. The van der Waals surface area contributed by atoms with Crippen molar-refractivity contribution in [2.24, 2.45) is 0 Å². The minimum Gasteiger partial charge on any atom is -0.383 e. The molecule has 5 heteroatoms. The summed E-state index contributed by atoms with van der Waals surface area (Å²) in [5.41, 5.74) is 4.75. The van der Waals surface area contributed by atoms with Gasteiger partial charge in [0.25, 0.3) is 5.91 Å². The number of hydrogen-bond acceptors (Lipinski definition) is 3. The quantitative estimate of drug-likeness (QED) is 0.499. The molecule has 1 amide bonds. The highest BCUT2D eigenvalue weighted by Gasteiger charge is 2.10. The fraction of sp³-hybridized carbons (Fsp3) is 0.217. The summed E-state index contributed by atoms with van der Waals surface area (Å²) in [6.07, 6.45) is 2.75. The predicted octanol–water partition coefficient (Wildman–Crippen LogP) is 4.20. The molecule has 2 heterocycles. The van der Waals surface area contributed by atoms with Crippen LogP contribution in [0.5, 0.6) is 0 Å². The Bertz CT molecular complexity index is 1140. The second-order valence-corrected chi connectivity index (χ2v) is 6.85. The predicted molar refractivity (Wildman–Crippen MR) is 114 cm³/mol. The van der Waals surface area contributed by atoms with Crippen molar-refractivity contribution in [2.45, 2.75) is 20.3 Å².